The monoisotopic (exact) mass is 695 g/mol. The molecule has 1 aromatic heterocycles. The lowest BCUT2D eigenvalue weighted by Crippen LogP contribution is -2.17. The summed E-state index contributed by atoms with van der Waals surface area (Å²) >= 11 is 0. The Labute approximate surface area is 314 Å². The quantitative estimate of drug-likeness (QED) is 0.169. The molecule has 1 heterocycles. The van der Waals surface area contributed by atoms with E-state index in [0.29, 0.717) is 11.5 Å². The SMILES string of the molecule is CC(C)c1cccc(-c2ccc(-c3cccc4c3nc(-c3ccccc3N=Cc3cc(C(C)(C)C)cc(C(C)(C)C)c3O)n4-c3ccccc3)cc2)c1. The van der Waals surface area contributed by atoms with Crippen molar-refractivity contribution in [3.8, 4) is 45.1 Å². The van der Waals surface area contributed by atoms with E-state index in [1.54, 1.807) is 6.21 Å². The molecule has 4 heteroatoms. The normalized spacial score (nSPS) is 12.3. The van der Waals surface area contributed by atoms with Crippen LogP contribution in [0.5, 0.6) is 5.75 Å². The van der Waals surface area contributed by atoms with Crippen LogP contribution < -0.4 is 0 Å². The lowest BCUT2D eigenvalue weighted by molar-refractivity contribution is 0.444. The number of para-hydroxylation sites is 3. The van der Waals surface area contributed by atoms with Gasteiger partial charge in [0.15, 0.2) is 0 Å². The number of hydrogen-bond acceptors (Lipinski definition) is 3. The minimum Gasteiger partial charge on any atom is -0.507 e. The first-order valence-electron chi connectivity index (χ1n) is 18.6. The van der Waals surface area contributed by atoms with Crippen LogP contribution in [0.2, 0.25) is 0 Å². The number of aromatic hydroxyl groups is 1. The van der Waals surface area contributed by atoms with Gasteiger partial charge >= 0.3 is 0 Å². The van der Waals surface area contributed by atoms with Crippen molar-refractivity contribution >= 4 is 22.9 Å². The first-order valence-corrected chi connectivity index (χ1v) is 18.6. The van der Waals surface area contributed by atoms with Crippen molar-refractivity contribution in [2.75, 3.05) is 0 Å². The first-order chi connectivity index (χ1) is 25.3. The zero-order valence-corrected chi connectivity index (χ0v) is 32.1. The summed E-state index contributed by atoms with van der Waals surface area (Å²) < 4.78 is 2.23. The highest BCUT2D eigenvalue weighted by atomic mass is 16.3. The van der Waals surface area contributed by atoms with Gasteiger partial charge < -0.3 is 5.11 Å². The maximum atomic E-state index is 11.5. The van der Waals surface area contributed by atoms with Crippen LogP contribution in [0.25, 0.3) is 50.4 Å². The molecule has 7 rings (SSSR count). The second-order valence-electron chi connectivity index (χ2n) is 16.4. The van der Waals surface area contributed by atoms with Gasteiger partial charge in [0.2, 0.25) is 0 Å². The van der Waals surface area contributed by atoms with Crippen LogP contribution in [0.3, 0.4) is 0 Å². The van der Waals surface area contributed by atoms with Gasteiger partial charge in [0, 0.05) is 34.2 Å². The number of aliphatic imine (C=N–C) groups is 1. The van der Waals surface area contributed by atoms with Crippen LogP contribution in [0.4, 0.5) is 5.69 Å². The first kappa shape index (κ1) is 35.7. The average molecular weight is 696 g/mol. The smallest absolute Gasteiger partial charge is 0.147 e. The molecule has 0 radical (unpaired) electrons. The minimum absolute atomic E-state index is 0.0917. The predicted octanol–water partition coefficient (Wildman–Crippen LogP) is 13.2. The van der Waals surface area contributed by atoms with Gasteiger partial charge in [0.1, 0.15) is 11.6 Å². The number of phenolic OH excluding ortho intramolecular Hbond substituents is 1. The summed E-state index contributed by atoms with van der Waals surface area (Å²) in [5, 5.41) is 11.5. The molecule has 0 spiro atoms. The molecule has 0 atom stereocenters. The fraction of sp³-hybridized carbons (Fsp3) is 0.224. The van der Waals surface area contributed by atoms with Crippen molar-refractivity contribution in [3.63, 3.8) is 0 Å². The number of hydrogen-bond donors (Lipinski definition) is 1. The lowest BCUT2D eigenvalue weighted by atomic mass is 9.79. The second-order valence-corrected chi connectivity index (χ2v) is 16.4. The molecule has 0 aliphatic rings. The largest absolute Gasteiger partial charge is 0.507 e. The zero-order chi connectivity index (χ0) is 37.5. The summed E-state index contributed by atoms with van der Waals surface area (Å²) in [6, 6.07) is 46.8. The maximum Gasteiger partial charge on any atom is 0.147 e. The third-order valence-electron chi connectivity index (χ3n) is 10.1. The van der Waals surface area contributed by atoms with Crippen LogP contribution in [0.1, 0.15) is 83.6 Å². The Morgan fingerprint density at radius 1 is 0.642 bits per heavy atom. The van der Waals surface area contributed by atoms with Crippen LogP contribution in [0.15, 0.2) is 138 Å². The van der Waals surface area contributed by atoms with Crippen LogP contribution in [-0.4, -0.2) is 20.9 Å². The Kier molecular flexibility index (Phi) is 9.42. The molecule has 0 aliphatic heterocycles. The van der Waals surface area contributed by atoms with Gasteiger partial charge in [-0.25, -0.2) is 4.98 Å². The standard InChI is InChI=1S/C49H49N3O/c1-32(2)35-16-14-17-36(28-35)33-24-26-34(27-25-33)40-21-15-23-44-45(40)51-47(52(44)39-18-10-9-11-19-39)41-20-12-13-22-43(41)50-31-37-29-38(48(3,4)5)30-42(46(37)53)49(6,7)8/h9-32,53H,1-8H3. The molecule has 6 aromatic carbocycles. The van der Waals surface area contributed by atoms with Crippen molar-refractivity contribution in [2.45, 2.75) is 72.1 Å². The van der Waals surface area contributed by atoms with Gasteiger partial charge in [0.25, 0.3) is 0 Å². The van der Waals surface area contributed by atoms with Crippen LogP contribution in [-0.2, 0) is 10.8 Å². The highest BCUT2D eigenvalue weighted by Crippen LogP contribution is 2.40. The summed E-state index contributed by atoms with van der Waals surface area (Å²) in [4.78, 5) is 10.5. The molecular weight excluding hydrogens is 647 g/mol. The summed E-state index contributed by atoms with van der Waals surface area (Å²) in [7, 11) is 0. The molecule has 7 aromatic rings. The molecule has 0 aliphatic carbocycles. The van der Waals surface area contributed by atoms with E-state index in [1.807, 2.05) is 24.3 Å². The zero-order valence-electron chi connectivity index (χ0n) is 32.1. The van der Waals surface area contributed by atoms with Gasteiger partial charge in [-0.15, -0.1) is 0 Å². The van der Waals surface area contributed by atoms with Gasteiger partial charge in [-0.3, -0.25) is 9.56 Å². The van der Waals surface area contributed by atoms with E-state index >= 15 is 0 Å². The highest BCUT2D eigenvalue weighted by Gasteiger charge is 2.25. The van der Waals surface area contributed by atoms with E-state index in [-0.39, 0.29) is 16.6 Å². The van der Waals surface area contributed by atoms with Crippen LogP contribution in [0, 0.1) is 0 Å². The van der Waals surface area contributed by atoms with E-state index in [1.165, 1.54) is 16.7 Å². The number of rotatable bonds is 7. The van der Waals surface area contributed by atoms with Crippen molar-refractivity contribution in [1.82, 2.24) is 9.55 Å². The van der Waals surface area contributed by atoms with Crippen LogP contribution >= 0.6 is 0 Å². The third kappa shape index (κ3) is 7.19. The molecule has 0 saturated carbocycles. The Hall–Kier alpha value is -5.74. The fourth-order valence-electron chi connectivity index (χ4n) is 6.95. The minimum atomic E-state index is -0.233. The van der Waals surface area contributed by atoms with Gasteiger partial charge in [-0.05, 0) is 81.0 Å². The maximum absolute atomic E-state index is 11.5. The summed E-state index contributed by atoms with van der Waals surface area (Å²) in [6.45, 7) is 17.5. The van der Waals surface area contributed by atoms with Gasteiger partial charge in [-0.2, -0.15) is 0 Å². The summed E-state index contributed by atoms with van der Waals surface area (Å²) in [6.07, 6.45) is 1.80. The second kappa shape index (κ2) is 14.0. The Bertz CT molecular complexity index is 2440. The topological polar surface area (TPSA) is 50.4 Å². The molecule has 0 bridgehead atoms. The summed E-state index contributed by atoms with van der Waals surface area (Å²) in [5.74, 6) is 1.55. The Balaban J connectivity index is 1.36. The van der Waals surface area contributed by atoms with Gasteiger partial charge in [-0.1, -0.05) is 152 Å². The Morgan fingerprint density at radius 3 is 2.00 bits per heavy atom. The van der Waals surface area contributed by atoms with E-state index in [9.17, 15) is 5.11 Å². The van der Waals surface area contributed by atoms with E-state index in [2.05, 4.69) is 169 Å². The van der Waals surface area contributed by atoms with E-state index in [0.717, 1.165) is 56.0 Å². The molecular formula is C49H49N3O. The third-order valence-corrected chi connectivity index (χ3v) is 10.1. The molecule has 0 saturated heterocycles. The van der Waals surface area contributed by atoms with Crippen molar-refractivity contribution in [3.05, 3.63) is 156 Å². The van der Waals surface area contributed by atoms with E-state index < -0.39 is 0 Å². The van der Waals surface area contributed by atoms with Gasteiger partial charge in [0.05, 0.1) is 16.7 Å². The molecule has 53 heavy (non-hydrogen) atoms. The summed E-state index contributed by atoms with van der Waals surface area (Å²) in [5.41, 5.74) is 13.0. The molecule has 0 unspecified atom stereocenters. The van der Waals surface area contributed by atoms with Crippen molar-refractivity contribution in [1.29, 1.82) is 0 Å². The Morgan fingerprint density at radius 2 is 1.30 bits per heavy atom. The number of aromatic nitrogens is 2. The average Bonchev–Trinajstić information content (AvgIpc) is 3.54. The number of nitrogens with zero attached hydrogens (tertiary/aromatic N) is 3. The number of benzene rings is 6. The predicted molar refractivity (Wildman–Crippen MR) is 224 cm³/mol. The molecule has 1 N–H and O–H groups in total. The number of phenols is 1. The molecule has 4 nitrogen and oxygen atoms in total. The fourth-order valence-corrected chi connectivity index (χ4v) is 6.95. The van der Waals surface area contributed by atoms with E-state index in [4.69, 9.17) is 9.98 Å². The van der Waals surface area contributed by atoms with Crippen molar-refractivity contribution < 1.29 is 5.11 Å². The lowest BCUT2D eigenvalue weighted by Gasteiger charge is -2.27. The molecule has 266 valence electrons. The highest BCUT2D eigenvalue weighted by molar-refractivity contribution is 5.97. The number of imidazole rings is 1. The number of fused-ring (bicyclic) bond motifs is 1. The van der Waals surface area contributed by atoms with Crippen molar-refractivity contribution in [2.24, 2.45) is 4.99 Å². The molecule has 0 fully saturated rings. The molecule has 0 amide bonds.